The minimum Gasteiger partial charge on any atom is -0.444 e. The Kier molecular flexibility index (Phi) is 5.05. The lowest BCUT2D eigenvalue weighted by molar-refractivity contribution is -0.141. The van der Waals surface area contributed by atoms with E-state index in [2.05, 4.69) is 4.98 Å². The van der Waals surface area contributed by atoms with Gasteiger partial charge in [-0.25, -0.2) is 4.79 Å². The molecule has 0 aliphatic carbocycles. The van der Waals surface area contributed by atoms with Crippen LogP contribution in [0.25, 0.3) is 0 Å². The molecule has 0 saturated carbocycles. The van der Waals surface area contributed by atoms with E-state index in [-0.39, 0.29) is 29.5 Å². The van der Waals surface area contributed by atoms with Crippen LogP contribution in [0.4, 0.5) is 23.7 Å². The summed E-state index contributed by atoms with van der Waals surface area (Å²) < 4.78 is 44.1. The number of nitrogens with zero attached hydrogens (tertiary/aromatic N) is 3. The molecule has 0 N–H and O–H groups in total. The molecule has 0 radical (unpaired) electrons. The molecule has 6 nitrogen and oxygen atoms in total. The third-order valence-electron chi connectivity index (χ3n) is 5.14. The molecule has 1 spiro atoms. The largest absolute Gasteiger partial charge is 0.444 e. The molecule has 0 unspecified atom stereocenters. The van der Waals surface area contributed by atoms with Crippen LogP contribution in [-0.4, -0.2) is 47.1 Å². The molecule has 9 heteroatoms. The normalized spacial score (nSPS) is 20.0. The Morgan fingerprint density at radius 3 is 2.43 bits per heavy atom. The maximum atomic E-state index is 12.9. The molecule has 1 aromatic heterocycles. The quantitative estimate of drug-likeness (QED) is 0.720. The van der Waals surface area contributed by atoms with Crippen LogP contribution in [-0.2, 0) is 15.7 Å². The lowest BCUT2D eigenvalue weighted by Crippen LogP contribution is -2.46. The summed E-state index contributed by atoms with van der Waals surface area (Å²) in [4.78, 5) is 31.1. The van der Waals surface area contributed by atoms with Crippen molar-refractivity contribution in [1.29, 1.82) is 0 Å². The van der Waals surface area contributed by atoms with Crippen molar-refractivity contribution < 1.29 is 27.5 Å². The number of hydrogen-bond acceptors (Lipinski definition) is 4. The topological polar surface area (TPSA) is 62.7 Å². The van der Waals surface area contributed by atoms with Crippen molar-refractivity contribution in [3.05, 3.63) is 24.0 Å². The fraction of sp³-hybridized carbons (Fsp3) is 0.632. The Labute approximate surface area is 161 Å². The number of ether oxygens (including phenoxy) is 1. The molecule has 2 fully saturated rings. The zero-order chi connectivity index (χ0) is 20.7. The first-order valence-electron chi connectivity index (χ1n) is 9.20. The van der Waals surface area contributed by atoms with E-state index in [9.17, 15) is 22.8 Å². The van der Waals surface area contributed by atoms with E-state index >= 15 is 0 Å². The Balaban J connectivity index is 1.68. The van der Waals surface area contributed by atoms with Crippen LogP contribution < -0.4 is 4.90 Å². The molecule has 2 aliphatic rings. The van der Waals surface area contributed by atoms with Gasteiger partial charge in [0.25, 0.3) is 0 Å². The number of pyridine rings is 1. The summed E-state index contributed by atoms with van der Waals surface area (Å²) in [7, 11) is 0. The van der Waals surface area contributed by atoms with Gasteiger partial charge in [0.05, 0.1) is 0 Å². The second-order valence-corrected chi connectivity index (χ2v) is 8.52. The molecule has 2 aliphatic heterocycles. The number of halogens is 3. The highest BCUT2D eigenvalue weighted by Crippen LogP contribution is 2.43. The summed E-state index contributed by atoms with van der Waals surface area (Å²) in [6.07, 6.45) is -2.40. The van der Waals surface area contributed by atoms with E-state index < -0.39 is 17.5 Å². The van der Waals surface area contributed by atoms with Crippen molar-refractivity contribution in [2.45, 2.75) is 51.8 Å². The first-order valence-corrected chi connectivity index (χ1v) is 9.20. The van der Waals surface area contributed by atoms with E-state index in [0.717, 1.165) is 12.3 Å². The maximum Gasteiger partial charge on any atom is 0.433 e. The number of anilines is 1. The van der Waals surface area contributed by atoms with Crippen LogP contribution in [0, 0.1) is 5.41 Å². The lowest BCUT2D eigenvalue weighted by atomic mass is 9.78. The highest BCUT2D eigenvalue weighted by Gasteiger charge is 2.46. The lowest BCUT2D eigenvalue weighted by Gasteiger charge is -2.39. The van der Waals surface area contributed by atoms with Gasteiger partial charge in [-0.3, -0.25) is 9.78 Å². The summed E-state index contributed by atoms with van der Waals surface area (Å²) in [5.41, 5.74) is -1.72. The van der Waals surface area contributed by atoms with Crippen LogP contribution in [0.1, 0.15) is 45.7 Å². The van der Waals surface area contributed by atoms with E-state index in [0.29, 0.717) is 32.5 Å². The molecular weight excluding hydrogens is 375 g/mol. The average molecular weight is 399 g/mol. The molecule has 1 aromatic rings. The molecule has 3 heterocycles. The fourth-order valence-electron chi connectivity index (χ4n) is 3.70. The number of likely N-dealkylation sites (tertiary alicyclic amines) is 1. The first kappa shape index (κ1) is 20.4. The standard InChI is InChI=1S/C19H24F3N3O3/c1-17(2,3)28-16(27)24-8-5-18(6-9-24)11-15(26)25(12-18)13-4-7-23-14(10-13)19(20,21)22/h4,7,10H,5-6,8-9,11-12H2,1-3H3. The van der Waals surface area contributed by atoms with Crippen molar-refractivity contribution >= 4 is 17.7 Å². The molecular formula is C19H24F3N3O3. The molecule has 0 bridgehead atoms. The van der Waals surface area contributed by atoms with E-state index in [1.165, 1.54) is 11.0 Å². The number of aromatic nitrogens is 1. The highest BCUT2D eigenvalue weighted by molar-refractivity contribution is 5.96. The first-order chi connectivity index (χ1) is 12.9. The van der Waals surface area contributed by atoms with Gasteiger partial charge in [-0.2, -0.15) is 13.2 Å². The Hall–Kier alpha value is -2.32. The van der Waals surface area contributed by atoms with Gasteiger partial charge >= 0.3 is 12.3 Å². The minimum absolute atomic E-state index is 0.204. The molecule has 0 atom stereocenters. The fourth-order valence-corrected chi connectivity index (χ4v) is 3.70. The number of rotatable bonds is 1. The average Bonchev–Trinajstić information content (AvgIpc) is 2.89. The van der Waals surface area contributed by atoms with Crippen LogP contribution in [0.5, 0.6) is 0 Å². The molecule has 2 saturated heterocycles. The summed E-state index contributed by atoms with van der Waals surface area (Å²) in [5.74, 6) is -0.204. The zero-order valence-electron chi connectivity index (χ0n) is 16.2. The van der Waals surface area contributed by atoms with Gasteiger partial charge in [0.1, 0.15) is 11.3 Å². The Morgan fingerprint density at radius 2 is 1.86 bits per heavy atom. The smallest absolute Gasteiger partial charge is 0.433 e. The van der Waals surface area contributed by atoms with Crippen molar-refractivity contribution in [1.82, 2.24) is 9.88 Å². The van der Waals surface area contributed by atoms with Crippen LogP contribution in [0.2, 0.25) is 0 Å². The second-order valence-electron chi connectivity index (χ2n) is 8.52. The number of carbonyl (C=O) groups excluding carboxylic acids is 2. The predicted molar refractivity (Wildman–Crippen MR) is 95.7 cm³/mol. The molecule has 2 amide bonds. The summed E-state index contributed by atoms with van der Waals surface area (Å²) in [6, 6.07) is 2.33. The maximum absolute atomic E-state index is 12.9. The molecule has 3 rings (SSSR count). The second kappa shape index (κ2) is 6.93. The van der Waals surface area contributed by atoms with Crippen LogP contribution >= 0.6 is 0 Å². The number of hydrogen-bond donors (Lipinski definition) is 0. The van der Waals surface area contributed by atoms with Gasteiger partial charge in [-0.15, -0.1) is 0 Å². The molecule has 0 aromatic carbocycles. The third-order valence-corrected chi connectivity index (χ3v) is 5.14. The van der Waals surface area contributed by atoms with Gasteiger partial charge in [-0.1, -0.05) is 0 Å². The number of carbonyl (C=O) groups is 2. The van der Waals surface area contributed by atoms with Gasteiger partial charge in [0.15, 0.2) is 0 Å². The van der Waals surface area contributed by atoms with Gasteiger partial charge in [-0.05, 0) is 45.7 Å². The van der Waals surface area contributed by atoms with Crippen molar-refractivity contribution in [3.8, 4) is 0 Å². The van der Waals surface area contributed by atoms with Gasteiger partial charge in [0, 0.05) is 43.4 Å². The summed E-state index contributed by atoms with van der Waals surface area (Å²) in [5, 5.41) is 0. The Morgan fingerprint density at radius 1 is 1.21 bits per heavy atom. The zero-order valence-corrected chi connectivity index (χ0v) is 16.2. The SMILES string of the molecule is CC(C)(C)OC(=O)N1CCC2(CC1)CC(=O)N(c1ccnc(C(F)(F)F)c1)C2. The minimum atomic E-state index is -4.56. The van der Waals surface area contributed by atoms with E-state index in [4.69, 9.17) is 4.74 Å². The van der Waals surface area contributed by atoms with Crippen molar-refractivity contribution in [2.24, 2.45) is 5.41 Å². The number of alkyl halides is 3. The number of amides is 2. The molecule has 154 valence electrons. The summed E-state index contributed by atoms with van der Waals surface area (Å²) in [6.45, 7) is 6.66. The number of piperidine rings is 1. The van der Waals surface area contributed by atoms with Crippen molar-refractivity contribution in [3.63, 3.8) is 0 Å². The monoisotopic (exact) mass is 399 g/mol. The Bertz CT molecular complexity index is 766. The van der Waals surface area contributed by atoms with Gasteiger partial charge in [0.2, 0.25) is 5.91 Å². The predicted octanol–water partition coefficient (Wildman–Crippen LogP) is 3.85. The van der Waals surface area contributed by atoms with Crippen LogP contribution in [0.15, 0.2) is 18.3 Å². The van der Waals surface area contributed by atoms with E-state index in [1.54, 1.807) is 25.7 Å². The summed E-state index contributed by atoms with van der Waals surface area (Å²) >= 11 is 0. The van der Waals surface area contributed by atoms with Crippen molar-refractivity contribution in [2.75, 3.05) is 24.5 Å². The van der Waals surface area contributed by atoms with Crippen LogP contribution in [0.3, 0.4) is 0 Å². The molecule has 28 heavy (non-hydrogen) atoms. The van der Waals surface area contributed by atoms with Gasteiger partial charge < -0.3 is 14.5 Å². The van der Waals surface area contributed by atoms with E-state index in [1.807, 2.05) is 0 Å². The highest BCUT2D eigenvalue weighted by atomic mass is 19.4. The third kappa shape index (κ3) is 4.39.